The fourth-order valence-corrected chi connectivity index (χ4v) is 4.29. The van der Waals surface area contributed by atoms with Gasteiger partial charge in [-0.25, -0.2) is 4.98 Å². The quantitative estimate of drug-likeness (QED) is 0.599. The van der Waals surface area contributed by atoms with Crippen molar-refractivity contribution in [3.05, 3.63) is 77.9 Å². The van der Waals surface area contributed by atoms with Crippen LogP contribution in [0.4, 0.5) is 5.69 Å². The van der Waals surface area contributed by atoms with E-state index in [9.17, 15) is 9.59 Å². The van der Waals surface area contributed by atoms with Gasteiger partial charge in [0.25, 0.3) is 0 Å². The van der Waals surface area contributed by atoms with Crippen LogP contribution in [-0.2, 0) is 16.6 Å². The minimum atomic E-state index is -0.498. The summed E-state index contributed by atoms with van der Waals surface area (Å²) in [7, 11) is 3.49. The molecule has 0 unspecified atom stereocenters. The monoisotopic (exact) mass is 446 g/mol. The first-order valence-corrected chi connectivity index (χ1v) is 11.2. The zero-order valence-electron chi connectivity index (χ0n) is 19.5. The van der Waals surface area contributed by atoms with Crippen molar-refractivity contribution in [3.63, 3.8) is 0 Å². The van der Waals surface area contributed by atoms with Gasteiger partial charge in [0.15, 0.2) is 0 Å². The van der Waals surface area contributed by atoms with Gasteiger partial charge < -0.3 is 19.5 Å². The van der Waals surface area contributed by atoms with Crippen LogP contribution in [0.1, 0.15) is 49.2 Å². The number of anilines is 1. The third-order valence-electron chi connectivity index (χ3n) is 6.20. The van der Waals surface area contributed by atoms with Crippen molar-refractivity contribution < 1.29 is 14.3 Å². The summed E-state index contributed by atoms with van der Waals surface area (Å²) in [5.74, 6) is 1.06. The number of ether oxygens (including phenoxy) is 1. The average molecular weight is 447 g/mol. The van der Waals surface area contributed by atoms with Gasteiger partial charge in [0.2, 0.25) is 11.8 Å². The molecule has 1 N–H and O–H groups in total. The van der Waals surface area contributed by atoms with Crippen LogP contribution in [0.3, 0.4) is 0 Å². The highest BCUT2D eigenvalue weighted by Crippen LogP contribution is 2.31. The standard InChI is InChI=1S/C26H30N4O3/c1-17(2)18-8-7-9-20(14-18)30-16-19(15-23(30)31)26(32)28-24(25-27-12-13-29(25)3)21-10-5-6-11-22(21)33-4/h5-14,17,19,24H,15-16H2,1-4H3,(H,28,32)/t19-,24+/m1/s1. The van der Waals surface area contributed by atoms with Crippen molar-refractivity contribution in [1.82, 2.24) is 14.9 Å². The number of benzene rings is 2. The van der Waals surface area contributed by atoms with Crippen LogP contribution in [-0.4, -0.2) is 35.0 Å². The highest BCUT2D eigenvalue weighted by Gasteiger charge is 2.37. The summed E-state index contributed by atoms with van der Waals surface area (Å²) >= 11 is 0. The topological polar surface area (TPSA) is 76.5 Å². The van der Waals surface area contributed by atoms with E-state index in [-0.39, 0.29) is 18.2 Å². The van der Waals surface area contributed by atoms with Gasteiger partial charge in [-0.1, -0.05) is 44.2 Å². The van der Waals surface area contributed by atoms with E-state index in [2.05, 4.69) is 30.2 Å². The van der Waals surface area contributed by atoms with E-state index in [0.29, 0.717) is 24.0 Å². The van der Waals surface area contributed by atoms with Crippen LogP contribution in [0.2, 0.25) is 0 Å². The molecule has 172 valence electrons. The van der Waals surface area contributed by atoms with E-state index in [1.54, 1.807) is 18.2 Å². The molecule has 1 aliphatic rings. The summed E-state index contributed by atoms with van der Waals surface area (Å²) in [6, 6.07) is 15.1. The van der Waals surface area contributed by atoms with Gasteiger partial charge in [-0.3, -0.25) is 9.59 Å². The molecular formula is C26H30N4O3. The Balaban J connectivity index is 1.57. The maximum Gasteiger partial charge on any atom is 0.227 e. The summed E-state index contributed by atoms with van der Waals surface area (Å²) in [5, 5.41) is 3.13. The molecule has 1 saturated heterocycles. The molecule has 0 saturated carbocycles. The van der Waals surface area contributed by atoms with Gasteiger partial charge in [0, 0.05) is 43.7 Å². The Bertz CT molecular complexity index is 1150. The lowest BCUT2D eigenvalue weighted by molar-refractivity contribution is -0.126. The van der Waals surface area contributed by atoms with Gasteiger partial charge >= 0.3 is 0 Å². The van der Waals surface area contributed by atoms with Crippen molar-refractivity contribution in [1.29, 1.82) is 0 Å². The number of rotatable bonds is 7. The molecule has 0 aliphatic carbocycles. The minimum Gasteiger partial charge on any atom is -0.496 e. The van der Waals surface area contributed by atoms with E-state index >= 15 is 0 Å². The first kappa shape index (κ1) is 22.6. The van der Waals surface area contributed by atoms with Gasteiger partial charge in [0.05, 0.1) is 13.0 Å². The van der Waals surface area contributed by atoms with Crippen molar-refractivity contribution in [3.8, 4) is 5.75 Å². The number of hydrogen-bond donors (Lipinski definition) is 1. The zero-order chi connectivity index (χ0) is 23.5. The third kappa shape index (κ3) is 4.62. The van der Waals surface area contributed by atoms with E-state index < -0.39 is 12.0 Å². The second kappa shape index (κ2) is 9.48. The molecule has 0 bridgehead atoms. The summed E-state index contributed by atoms with van der Waals surface area (Å²) in [6.45, 7) is 4.60. The first-order valence-electron chi connectivity index (χ1n) is 11.2. The fourth-order valence-electron chi connectivity index (χ4n) is 4.29. The zero-order valence-corrected chi connectivity index (χ0v) is 19.5. The summed E-state index contributed by atoms with van der Waals surface area (Å²) in [5.41, 5.74) is 2.82. The molecule has 3 aromatic rings. The molecule has 0 spiro atoms. The molecule has 0 radical (unpaired) electrons. The van der Waals surface area contributed by atoms with Gasteiger partial charge in [-0.2, -0.15) is 0 Å². The number of amides is 2. The summed E-state index contributed by atoms with van der Waals surface area (Å²) in [6.07, 6.45) is 3.72. The van der Waals surface area contributed by atoms with Crippen LogP contribution in [0.15, 0.2) is 60.9 Å². The Labute approximate surface area is 194 Å². The number of nitrogens with one attached hydrogen (secondary N) is 1. The molecule has 7 heteroatoms. The number of nitrogens with zero attached hydrogens (tertiary/aromatic N) is 3. The fraction of sp³-hybridized carbons (Fsp3) is 0.346. The predicted molar refractivity (Wildman–Crippen MR) is 127 cm³/mol. The van der Waals surface area contributed by atoms with Crippen molar-refractivity contribution in [2.45, 2.75) is 32.2 Å². The average Bonchev–Trinajstić information content (AvgIpc) is 3.42. The SMILES string of the molecule is COc1ccccc1[C@H](NC(=O)[C@@H]1CC(=O)N(c2cccc(C(C)C)c2)C1)c1nccn1C. The molecule has 1 fully saturated rings. The normalized spacial score (nSPS) is 16.8. The highest BCUT2D eigenvalue weighted by molar-refractivity contribution is 6.00. The number of methoxy groups -OCH3 is 1. The molecule has 1 aliphatic heterocycles. The molecule has 2 aromatic carbocycles. The third-order valence-corrected chi connectivity index (χ3v) is 6.20. The molecule has 2 atom stereocenters. The lowest BCUT2D eigenvalue weighted by Gasteiger charge is -2.23. The number of aromatic nitrogens is 2. The van der Waals surface area contributed by atoms with Crippen molar-refractivity contribution in [2.75, 3.05) is 18.6 Å². The van der Waals surface area contributed by atoms with Crippen LogP contribution in [0.5, 0.6) is 5.75 Å². The maximum absolute atomic E-state index is 13.4. The number of aryl methyl sites for hydroxylation is 1. The van der Waals surface area contributed by atoms with E-state index in [4.69, 9.17) is 4.74 Å². The second-order valence-corrected chi connectivity index (χ2v) is 8.73. The molecular weight excluding hydrogens is 416 g/mol. The number of carbonyl (C=O) groups excluding carboxylic acids is 2. The summed E-state index contributed by atoms with van der Waals surface area (Å²) in [4.78, 5) is 32.4. The van der Waals surface area contributed by atoms with Crippen LogP contribution < -0.4 is 15.0 Å². The van der Waals surface area contributed by atoms with Crippen molar-refractivity contribution >= 4 is 17.5 Å². The van der Waals surface area contributed by atoms with Crippen LogP contribution in [0.25, 0.3) is 0 Å². The Hall–Kier alpha value is -3.61. The highest BCUT2D eigenvalue weighted by atomic mass is 16.5. The lowest BCUT2D eigenvalue weighted by Crippen LogP contribution is -2.37. The van der Waals surface area contributed by atoms with Crippen LogP contribution in [0, 0.1) is 5.92 Å². The Morgan fingerprint density at radius 3 is 2.67 bits per heavy atom. The molecule has 2 heterocycles. The van der Waals surface area contributed by atoms with E-state index in [0.717, 1.165) is 11.3 Å². The van der Waals surface area contributed by atoms with Gasteiger partial charge in [-0.05, 0) is 29.7 Å². The molecule has 33 heavy (non-hydrogen) atoms. The number of para-hydroxylation sites is 1. The summed E-state index contributed by atoms with van der Waals surface area (Å²) < 4.78 is 7.42. The van der Waals surface area contributed by atoms with Crippen LogP contribution >= 0.6 is 0 Å². The lowest BCUT2D eigenvalue weighted by atomic mass is 10.0. The Morgan fingerprint density at radius 1 is 1.18 bits per heavy atom. The largest absolute Gasteiger partial charge is 0.496 e. The number of imidazole rings is 1. The molecule has 1 aromatic heterocycles. The Morgan fingerprint density at radius 2 is 1.97 bits per heavy atom. The minimum absolute atomic E-state index is 0.0399. The predicted octanol–water partition coefficient (Wildman–Crippen LogP) is 3.81. The van der Waals surface area contributed by atoms with E-state index in [1.165, 1.54) is 5.56 Å². The second-order valence-electron chi connectivity index (χ2n) is 8.73. The van der Waals surface area contributed by atoms with Gasteiger partial charge in [-0.15, -0.1) is 0 Å². The number of hydrogen-bond acceptors (Lipinski definition) is 4. The van der Waals surface area contributed by atoms with E-state index in [1.807, 2.05) is 60.3 Å². The van der Waals surface area contributed by atoms with Gasteiger partial charge in [0.1, 0.15) is 17.6 Å². The molecule has 7 nitrogen and oxygen atoms in total. The smallest absolute Gasteiger partial charge is 0.227 e. The number of carbonyl (C=O) groups is 2. The maximum atomic E-state index is 13.4. The molecule has 4 rings (SSSR count). The van der Waals surface area contributed by atoms with Crippen molar-refractivity contribution in [2.24, 2.45) is 13.0 Å². The Kier molecular flexibility index (Phi) is 6.49. The molecule has 2 amide bonds. The first-order chi connectivity index (χ1) is 15.9.